The molecule has 2 fully saturated rings. The van der Waals surface area contributed by atoms with E-state index in [4.69, 9.17) is 4.74 Å². The maximum Gasteiger partial charge on any atom is 0.289 e. The number of imidazole rings is 1. The Kier molecular flexibility index (Phi) is 10.1. The first-order valence-corrected chi connectivity index (χ1v) is 14.8. The first-order chi connectivity index (χ1) is 20.9. The third-order valence-corrected chi connectivity index (χ3v) is 7.79. The molecule has 232 valence electrons. The van der Waals surface area contributed by atoms with Crippen LogP contribution in [-0.2, 0) is 16.0 Å². The topological polar surface area (TPSA) is 187 Å². The van der Waals surface area contributed by atoms with E-state index in [0.717, 1.165) is 31.5 Å². The van der Waals surface area contributed by atoms with Crippen molar-refractivity contribution in [2.75, 3.05) is 44.6 Å². The molecule has 0 unspecified atom stereocenters. The number of anilines is 1. The van der Waals surface area contributed by atoms with Crippen molar-refractivity contribution in [2.24, 2.45) is 0 Å². The van der Waals surface area contributed by atoms with Gasteiger partial charge in [0.25, 0.3) is 11.8 Å². The number of nitrogens with one attached hydrogen (secondary N) is 3. The van der Waals surface area contributed by atoms with E-state index in [1.54, 1.807) is 6.92 Å². The molecule has 0 radical (unpaired) electrons. The molecule has 0 spiro atoms. The van der Waals surface area contributed by atoms with E-state index < -0.39 is 42.4 Å². The fourth-order valence-electron chi connectivity index (χ4n) is 5.53. The van der Waals surface area contributed by atoms with Crippen LogP contribution in [0.5, 0.6) is 0 Å². The van der Waals surface area contributed by atoms with Crippen LogP contribution >= 0.6 is 0 Å². The number of aliphatic hydroxyl groups excluding tert-OH is 3. The number of nitrogens with zero attached hydrogens (tertiary/aromatic N) is 5. The van der Waals surface area contributed by atoms with Crippen LogP contribution in [0, 0.1) is 0 Å². The highest BCUT2D eigenvalue weighted by Gasteiger charge is 2.47. The van der Waals surface area contributed by atoms with Gasteiger partial charge in [-0.25, -0.2) is 15.0 Å². The smallest absolute Gasteiger partial charge is 0.289 e. The number of benzene rings is 1. The zero-order valence-electron chi connectivity index (χ0n) is 24.2. The van der Waals surface area contributed by atoms with E-state index >= 15 is 0 Å². The van der Waals surface area contributed by atoms with Gasteiger partial charge in [0.2, 0.25) is 5.82 Å². The van der Waals surface area contributed by atoms with Crippen LogP contribution in [0.4, 0.5) is 5.82 Å². The normalized spacial score (nSPS) is 23.3. The largest absolute Gasteiger partial charge is 0.394 e. The molecule has 2 aromatic heterocycles. The molecule has 14 nitrogen and oxygen atoms in total. The average Bonchev–Trinajstić information content (AvgIpc) is 3.58. The fraction of sp³-hybridized carbons (Fsp3) is 0.552. The number of piperidine rings is 1. The second-order valence-electron chi connectivity index (χ2n) is 10.9. The molecule has 0 bridgehead atoms. The Morgan fingerprint density at radius 1 is 1.07 bits per heavy atom. The summed E-state index contributed by atoms with van der Waals surface area (Å²) >= 11 is 0. The molecule has 2 amide bonds. The molecule has 3 aromatic rings. The van der Waals surface area contributed by atoms with Gasteiger partial charge in [-0.1, -0.05) is 36.8 Å². The van der Waals surface area contributed by atoms with Crippen LogP contribution in [-0.4, -0.2) is 115 Å². The Labute approximate surface area is 249 Å². The lowest BCUT2D eigenvalue weighted by Crippen LogP contribution is -2.42. The first-order valence-electron chi connectivity index (χ1n) is 14.8. The van der Waals surface area contributed by atoms with Crippen LogP contribution in [0.2, 0.25) is 0 Å². The van der Waals surface area contributed by atoms with Crippen molar-refractivity contribution in [3.8, 4) is 0 Å². The summed E-state index contributed by atoms with van der Waals surface area (Å²) in [5.41, 5.74) is 1.42. The van der Waals surface area contributed by atoms with Crippen molar-refractivity contribution in [1.82, 2.24) is 35.1 Å². The number of likely N-dealkylation sites (tertiary alicyclic amines) is 1. The lowest BCUT2D eigenvalue weighted by Gasteiger charge is -2.26. The summed E-state index contributed by atoms with van der Waals surface area (Å²) in [6, 6.07) is 9.18. The third-order valence-electron chi connectivity index (χ3n) is 7.79. The number of likely N-dealkylation sites (N-methyl/N-ethyl adjacent to an activating group) is 1. The number of fused-ring (bicyclic) bond motifs is 1. The van der Waals surface area contributed by atoms with E-state index in [0.29, 0.717) is 26.1 Å². The minimum atomic E-state index is -1.49. The average molecular weight is 597 g/mol. The van der Waals surface area contributed by atoms with Crippen LogP contribution in [0.25, 0.3) is 11.2 Å². The lowest BCUT2D eigenvalue weighted by atomic mass is 10.1. The Balaban J connectivity index is 1.44. The van der Waals surface area contributed by atoms with Crippen LogP contribution < -0.4 is 16.0 Å². The predicted molar refractivity (Wildman–Crippen MR) is 157 cm³/mol. The van der Waals surface area contributed by atoms with E-state index in [1.807, 2.05) is 30.3 Å². The molecular weight excluding hydrogens is 556 g/mol. The number of aromatic nitrogens is 4. The van der Waals surface area contributed by atoms with E-state index in [9.17, 15) is 24.9 Å². The first kappa shape index (κ1) is 30.8. The van der Waals surface area contributed by atoms with E-state index in [2.05, 4.69) is 35.8 Å². The van der Waals surface area contributed by atoms with Gasteiger partial charge >= 0.3 is 0 Å². The van der Waals surface area contributed by atoms with Gasteiger partial charge in [-0.3, -0.25) is 14.2 Å². The standard InChI is InChI=1S/C29H40N8O6/c1-2-30-27(41)23-21(39)22(40)29(43-23)37-17-32-20-24(33-19(16-38)15-18-9-5-3-6-10-18)34-25(35-26(20)37)28(42)31-11-14-36-12-7-4-8-13-36/h3,5-6,9-10,17,19,21-23,29,38-40H,2,4,7-8,11-16H2,1H3,(H,30,41)(H,31,42)(H,33,34,35)/t19-,21-,22-,23-,29+/m0/s1. The van der Waals surface area contributed by atoms with Crippen molar-refractivity contribution >= 4 is 28.8 Å². The lowest BCUT2D eigenvalue weighted by molar-refractivity contribution is -0.137. The molecule has 6 N–H and O–H groups in total. The molecule has 2 saturated heterocycles. The summed E-state index contributed by atoms with van der Waals surface area (Å²) in [6.45, 7) is 4.97. The molecule has 0 aliphatic carbocycles. The Hall–Kier alpha value is -3.69. The predicted octanol–water partition coefficient (Wildman–Crippen LogP) is -0.187. The quantitative estimate of drug-likeness (QED) is 0.163. The molecule has 1 aromatic carbocycles. The Morgan fingerprint density at radius 3 is 2.56 bits per heavy atom. The number of carbonyl (C=O) groups is 2. The third kappa shape index (κ3) is 7.11. The van der Waals surface area contributed by atoms with Gasteiger partial charge in [-0.15, -0.1) is 0 Å². The van der Waals surface area contributed by atoms with Gasteiger partial charge in [0, 0.05) is 19.6 Å². The van der Waals surface area contributed by atoms with Crippen LogP contribution in [0.15, 0.2) is 36.7 Å². The number of ether oxygens (including phenoxy) is 1. The molecule has 2 aliphatic heterocycles. The van der Waals surface area contributed by atoms with Crippen LogP contribution in [0.3, 0.4) is 0 Å². The molecule has 14 heteroatoms. The van der Waals surface area contributed by atoms with E-state index in [1.165, 1.54) is 17.3 Å². The highest BCUT2D eigenvalue weighted by atomic mass is 16.6. The summed E-state index contributed by atoms with van der Waals surface area (Å²) in [7, 11) is 0. The summed E-state index contributed by atoms with van der Waals surface area (Å²) in [5.74, 6) is -0.974. The molecule has 5 atom stereocenters. The number of rotatable bonds is 12. The van der Waals surface area contributed by atoms with Crippen molar-refractivity contribution in [2.45, 2.75) is 63.2 Å². The fourth-order valence-corrected chi connectivity index (χ4v) is 5.53. The SMILES string of the molecule is CCNC(=O)[C@H]1O[C@@H](n2cnc3c(N[C@H](CO)Cc4ccccc4)nc(C(=O)NCCN4CCCCC4)nc32)[C@@H](O)[C@@H]1O. The van der Waals surface area contributed by atoms with Gasteiger partial charge in [-0.2, -0.15) is 0 Å². The Morgan fingerprint density at radius 2 is 1.84 bits per heavy atom. The maximum atomic E-state index is 13.3. The zero-order valence-corrected chi connectivity index (χ0v) is 24.2. The van der Waals surface area contributed by atoms with Gasteiger partial charge in [-0.05, 0) is 44.8 Å². The molecule has 5 rings (SSSR count). The summed E-state index contributed by atoms with van der Waals surface area (Å²) in [4.78, 5) is 41.4. The van der Waals surface area contributed by atoms with Crippen molar-refractivity contribution < 1.29 is 29.6 Å². The van der Waals surface area contributed by atoms with Gasteiger partial charge in [0.1, 0.15) is 12.2 Å². The van der Waals surface area contributed by atoms with Crippen molar-refractivity contribution in [1.29, 1.82) is 0 Å². The number of hydrogen-bond donors (Lipinski definition) is 6. The van der Waals surface area contributed by atoms with Gasteiger partial charge in [0.05, 0.1) is 19.0 Å². The number of carbonyl (C=O) groups excluding carboxylic acids is 2. The molecule has 43 heavy (non-hydrogen) atoms. The number of hydrogen-bond acceptors (Lipinski definition) is 11. The molecule has 2 aliphatic rings. The van der Waals surface area contributed by atoms with Crippen molar-refractivity contribution in [3.63, 3.8) is 0 Å². The summed E-state index contributed by atoms with van der Waals surface area (Å²) in [5, 5.41) is 40.3. The second kappa shape index (κ2) is 14.2. The molecule has 4 heterocycles. The van der Waals surface area contributed by atoms with Gasteiger partial charge < -0.3 is 40.9 Å². The molecule has 0 saturated carbocycles. The number of amides is 2. The minimum Gasteiger partial charge on any atom is -0.394 e. The summed E-state index contributed by atoms with van der Waals surface area (Å²) in [6.07, 6.45) is -0.127. The maximum absolute atomic E-state index is 13.3. The molecular formula is C29H40N8O6. The minimum absolute atomic E-state index is 0.139. The van der Waals surface area contributed by atoms with Crippen molar-refractivity contribution in [3.05, 3.63) is 48.0 Å². The Bertz CT molecular complexity index is 1380. The van der Waals surface area contributed by atoms with Crippen LogP contribution in [0.1, 0.15) is 48.6 Å². The zero-order chi connectivity index (χ0) is 30.3. The van der Waals surface area contributed by atoms with E-state index in [-0.39, 0.29) is 29.4 Å². The summed E-state index contributed by atoms with van der Waals surface area (Å²) < 4.78 is 7.17. The number of aliphatic hydroxyl groups is 3. The highest BCUT2D eigenvalue weighted by molar-refractivity contribution is 5.94. The monoisotopic (exact) mass is 596 g/mol. The highest BCUT2D eigenvalue weighted by Crippen LogP contribution is 2.33. The van der Waals surface area contributed by atoms with Gasteiger partial charge in [0.15, 0.2) is 29.3 Å². The second-order valence-corrected chi connectivity index (χ2v) is 10.9.